The van der Waals surface area contributed by atoms with E-state index in [-0.39, 0.29) is 5.91 Å². The minimum atomic E-state index is -0.620. The maximum atomic E-state index is 12.2. The first kappa shape index (κ1) is 13.7. The number of anilines is 1. The molecule has 1 N–H and O–H groups in total. The summed E-state index contributed by atoms with van der Waals surface area (Å²) in [7, 11) is 1.52. The van der Waals surface area contributed by atoms with E-state index in [0.717, 1.165) is 16.1 Å². The fourth-order valence-corrected chi connectivity index (χ4v) is 2.54. The van der Waals surface area contributed by atoms with Crippen LogP contribution in [0.1, 0.15) is 22.2 Å². The SMILES string of the molecule is CO[C@@H](C(=O)Nc1nc(C)c(C)s1)c1ccccc1. The molecule has 0 fully saturated rings. The van der Waals surface area contributed by atoms with E-state index in [0.29, 0.717) is 5.13 Å². The molecular weight excluding hydrogens is 260 g/mol. The van der Waals surface area contributed by atoms with Crippen LogP contribution in [-0.4, -0.2) is 18.0 Å². The Morgan fingerprint density at radius 3 is 2.53 bits per heavy atom. The summed E-state index contributed by atoms with van der Waals surface area (Å²) in [4.78, 5) is 17.6. The van der Waals surface area contributed by atoms with Crippen LogP contribution in [0.4, 0.5) is 5.13 Å². The molecule has 0 saturated carbocycles. The summed E-state index contributed by atoms with van der Waals surface area (Å²) >= 11 is 1.47. The van der Waals surface area contributed by atoms with E-state index in [4.69, 9.17) is 4.74 Å². The molecule has 0 aliphatic heterocycles. The molecule has 1 heterocycles. The number of hydrogen-bond acceptors (Lipinski definition) is 4. The highest BCUT2D eigenvalue weighted by Gasteiger charge is 2.21. The van der Waals surface area contributed by atoms with Gasteiger partial charge in [0.25, 0.3) is 5.91 Å². The molecule has 0 aliphatic rings. The smallest absolute Gasteiger partial charge is 0.259 e. The Hall–Kier alpha value is -1.72. The van der Waals surface area contributed by atoms with E-state index in [9.17, 15) is 4.79 Å². The van der Waals surface area contributed by atoms with Crippen molar-refractivity contribution in [3.8, 4) is 0 Å². The Morgan fingerprint density at radius 1 is 1.32 bits per heavy atom. The number of methoxy groups -OCH3 is 1. The number of rotatable bonds is 4. The first-order valence-electron chi connectivity index (χ1n) is 5.94. The Kier molecular flexibility index (Phi) is 4.29. The quantitative estimate of drug-likeness (QED) is 0.933. The van der Waals surface area contributed by atoms with Crippen LogP contribution in [0.2, 0.25) is 0 Å². The van der Waals surface area contributed by atoms with Gasteiger partial charge in [-0.15, -0.1) is 11.3 Å². The van der Waals surface area contributed by atoms with Crippen molar-refractivity contribution in [3.63, 3.8) is 0 Å². The van der Waals surface area contributed by atoms with Crippen molar-refractivity contribution >= 4 is 22.4 Å². The Morgan fingerprint density at radius 2 is 2.00 bits per heavy atom. The average molecular weight is 276 g/mol. The van der Waals surface area contributed by atoms with Crippen LogP contribution in [-0.2, 0) is 9.53 Å². The molecule has 0 unspecified atom stereocenters. The molecule has 0 bridgehead atoms. The Balaban J connectivity index is 2.14. The molecule has 0 radical (unpaired) electrons. The fourth-order valence-electron chi connectivity index (χ4n) is 1.72. The van der Waals surface area contributed by atoms with Gasteiger partial charge in [0.05, 0.1) is 5.69 Å². The monoisotopic (exact) mass is 276 g/mol. The van der Waals surface area contributed by atoms with E-state index < -0.39 is 6.10 Å². The lowest BCUT2D eigenvalue weighted by molar-refractivity contribution is -0.126. The van der Waals surface area contributed by atoms with Crippen LogP contribution in [0.25, 0.3) is 0 Å². The van der Waals surface area contributed by atoms with Crippen molar-refractivity contribution in [2.75, 3.05) is 12.4 Å². The molecule has 0 saturated heterocycles. The maximum Gasteiger partial charge on any atom is 0.259 e. The van der Waals surface area contributed by atoms with Gasteiger partial charge in [-0.05, 0) is 19.4 Å². The minimum Gasteiger partial charge on any atom is -0.367 e. The molecule has 4 nitrogen and oxygen atoms in total. The topological polar surface area (TPSA) is 51.2 Å². The van der Waals surface area contributed by atoms with Gasteiger partial charge in [0.15, 0.2) is 11.2 Å². The van der Waals surface area contributed by atoms with Crippen molar-refractivity contribution in [3.05, 3.63) is 46.5 Å². The molecule has 5 heteroatoms. The predicted octanol–water partition coefficient (Wildman–Crippen LogP) is 3.09. The maximum absolute atomic E-state index is 12.2. The standard InChI is InChI=1S/C14H16N2O2S/c1-9-10(2)19-14(15-9)16-13(17)12(18-3)11-7-5-4-6-8-11/h4-8,12H,1-3H3,(H,15,16,17)/t12-/m1/s1. The van der Waals surface area contributed by atoms with E-state index in [1.165, 1.54) is 18.4 Å². The molecule has 1 aromatic heterocycles. The second-order valence-electron chi connectivity index (χ2n) is 4.18. The molecule has 19 heavy (non-hydrogen) atoms. The number of amides is 1. The lowest BCUT2D eigenvalue weighted by atomic mass is 10.1. The summed E-state index contributed by atoms with van der Waals surface area (Å²) in [6.07, 6.45) is -0.620. The highest BCUT2D eigenvalue weighted by molar-refractivity contribution is 7.15. The summed E-state index contributed by atoms with van der Waals surface area (Å²) in [5.74, 6) is -0.206. The van der Waals surface area contributed by atoms with Gasteiger partial charge in [0.2, 0.25) is 0 Å². The number of hydrogen-bond donors (Lipinski definition) is 1. The van der Waals surface area contributed by atoms with Crippen LogP contribution in [0.5, 0.6) is 0 Å². The molecule has 0 aliphatic carbocycles. The van der Waals surface area contributed by atoms with Gasteiger partial charge in [-0.1, -0.05) is 30.3 Å². The number of carbonyl (C=O) groups is 1. The third-order valence-electron chi connectivity index (χ3n) is 2.83. The number of nitrogens with one attached hydrogen (secondary N) is 1. The van der Waals surface area contributed by atoms with E-state index in [1.807, 2.05) is 44.2 Å². The Labute approximate surface area is 116 Å². The predicted molar refractivity (Wildman–Crippen MR) is 76.4 cm³/mol. The van der Waals surface area contributed by atoms with Gasteiger partial charge in [-0.3, -0.25) is 10.1 Å². The number of carbonyl (C=O) groups excluding carboxylic acids is 1. The van der Waals surface area contributed by atoms with Crippen molar-refractivity contribution in [2.45, 2.75) is 20.0 Å². The molecule has 100 valence electrons. The third-order valence-corrected chi connectivity index (χ3v) is 3.82. The zero-order valence-corrected chi connectivity index (χ0v) is 12.0. The van der Waals surface area contributed by atoms with E-state index >= 15 is 0 Å². The average Bonchev–Trinajstić information content (AvgIpc) is 2.70. The van der Waals surface area contributed by atoms with Gasteiger partial charge in [-0.2, -0.15) is 0 Å². The van der Waals surface area contributed by atoms with Crippen molar-refractivity contribution in [2.24, 2.45) is 0 Å². The second kappa shape index (κ2) is 5.95. The number of aryl methyl sites for hydroxylation is 2. The minimum absolute atomic E-state index is 0.206. The molecule has 1 aromatic carbocycles. The van der Waals surface area contributed by atoms with Gasteiger partial charge in [-0.25, -0.2) is 4.98 Å². The summed E-state index contributed by atoms with van der Waals surface area (Å²) in [6, 6.07) is 9.40. The largest absolute Gasteiger partial charge is 0.367 e. The molecule has 1 amide bonds. The van der Waals surface area contributed by atoms with E-state index in [2.05, 4.69) is 10.3 Å². The summed E-state index contributed by atoms with van der Waals surface area (Å²) in [5, 5.41) is 3.41. The summed E-state index contributed by atoms with van der Waals surface area (Å²) in [6.45, 7) is 3.90. The molecule has 1 atom stereocenters. The summed E-state index contributed by atoms with van der Waals surface area (Å²) < 4.78 is 5.27. The lowest BCUT2D eigenvalue weighted by Gasteiger charge is -2.14. The lowest BCUT2D eigenvalue weighted by Crippen LogP contribution is -2.22. The molecule has 2 rings (SSSR count). The van der Waals surface area contributed by atoms with Crippen LogP contribution in [0.15, 0.2) is 30.3 Å². The molecular formula is C14H16N2O2S. The molecule has 2 aromatic rings. The Bertz CT molecular complexity index is 547. The van der Waals surface area contributed by atoms with Crippen molar-refractivity contribution in [1.29, 1.82) is 0 Å². The normalized spacial score (nSPS) is 12.2. The van der Waals surface area contributed by atoms with Crippen molar-refractivity contribution in [1.82, 2.24) is 4.98 Å². The van der Waals surface area contributed by atoms with Gasteiger partial charge >= 0.3 is 0 Å². The highest BCUT2D eigenvalue weighted by atomic mass is 32.1. The van der Waals surface area contributed by atoms with Crippen LogP contribution in [0.3, 0.4) is 0 Å². The first-order chi connectivity index (χ1) is 9.11. The highest BCUT2D eigenvalue weighted by Crippen LogP contribution is 2.24. The van der Waals surface area contributed by atoms with Gasteiger partial charge in [0, 0.05) is 12.0 Å². The van der Waals surface area contributed by atoms with Gasteiger partial charge < -0.3 is 4.74 Å². The zero-order chi connectivity index (χ0) is 13.8. The first-order valence-corrected chi connectivity index (χ1v) is 6.76. The van der Waals surface area contributed by atoms with Crippen LogP contribution < -0.4 is 5.32 Å². The number of nitrogens with zero attached hydrogens (tertiary/aromatic N) is 1. The molecule has 0 spiro atoms. The summed E-state index contributed by atoms with van der Waals surface area (Å²) in [5.41, 5.74) is 1.77. The third kappa shape index (κ3) is 3.19. The van der Waals surface area contributed by atoms with Gasteiger partial charge in [0.1, 0.15) is 0 Å². The van der Waals surface area contributed by atoms with Crippen LogP contribution >= 0.6 is 11.3 Å². The second-order valence-corrected chi connectivity index (χ2v) is 5.38. The number of ether oxygens (including phenoxy) is 1. The number of aromatic nitrogens is 1. The number of benzene rings is 1. The fraction of sp³-hybridized carbons (Fsp3) is 0.286. The zero-order valence-electron chi connectivity index (χ0n) is 11.1. The van der Waals surface area contributed by atoms with E-state index in [1.54, 1.807) is 0 Å². The number of thiazole rings is 1. The van der Waals surface area contributed by atoms with Crippen LogP contribution in [0, 0.1) is 13.8 Å². The van der Waals surface area contributed by atoms with Crippen molar-refractivity contribution < 1.29 is 9.53 Å².